The fourth-order valence-corrected chi connectivity index (χ4v) is 1.96. The van der Waals surface area contributed by atoms with Crippen LogP contribution in [0.5, 0.6) is 0 Å². The van der Waals surface area contributed by atoms with Gasteiger partial charge in [0.2, 0.25) is 5.91 Å². The summed E-state index contributed by atoms with van der Waals surface area (Å²) >= 11 is 0. The van der Waals surface area contributed by atoms with E-state index >= 15 is 0 Å². The molecule has 0 spiro atoms. The number of hydrogen-bond acceptors (Lipinski definition) is 4. The lowest BCUT2D eigenvalue weighted by atomic mass is 9.99. The zero-order chi connectivity index (χ0) is 13.7. The molecule has 1 saturated heterocycles. The molecule has 0 aromatic heterocycles. The number of carbonyl (C=O) groups excluding carboxylic acids is 2. The summed E-state index contributed by atoms with van der Waals surface area (Å²) in [6.45, 7) is 0.421. The summed E-state index contributed by atoms with van der Waals surface area (Å²) in [6.07, 6.45) is 0.874. The van der Waals surface area contributed by atoms with Gasteiger partial charge in [0.1, 0.15) is 6.61 Å². The van der Waals surface area contributed by atoms with Gasteiger partial charge in [-0.1, -0.05) is 18.2 Å². The summed E-state index contributed by atoms with van der Waals surface area (Å²) < 4.78 is 5.20. The highest BCUT2D eigenvalue weighted by molar-refractivity contribution is 5.80. The van der Waals surface area contributed by atoms with Crippen LogP contribution in [0, 0.1) is 17.2 Å². The van der Waals surface area contributed by atoms with Crippen LogP contribution in [0.15, 0.2) is 24.3 Å². The first-order valence-electron chi connectivity index (χ1n) is 6.12. The third-order valence-corrected chi connectivity index (χ3v) is 3.11. The van der Waals surface area contributed by atoms with Crippen molar-refractivity contribution in [2.75, 3.05) is 6.54 Å². The molecule has 1 atom stereocenters. The minimum absolute atomic E-state index is 0.0288. The molecule has 0 bridgehead atoms. The van der Waals surface area contributed by atoms with E-state index in [9.17, 15) is 9.59 Å². The van der Waals surface area contributed by atoms with Gasteiger partial charge in [0.15, 0.2) is 0 Å². The second kappa shape index (κ2) is 6.01. The van der Waals surface area contributed by atoms with Crippen LogP contribution < -0.4 is 5.32 Å². The van der Waals surface area contributed by atoms with Gasteiger partial charge >= 0.3 is 5.97 Å². The van der Waals surface area contributed by atoms with Crippen molar-refractivity contribution < 1.29 is 14.3 Å². The number of esters is 1. The minimum atomic E-state index is -0.326. The van der Waals surface area contributed by atoms with E-state index in [0.717, 1.165) is 0 Å². The molecular formula is C14H14N2O3. The minimum Gasteiger partial charge on any atom is -0.460 e. The van der Waals surface area contributed by atoms with Gasteiger partial charge in [-0.25, -0.2) is 0 Å². The summed E-state index contributed by atoms with van der Waals surface area (Å²) in [5.74, 6) is -0.640. The molecule has 0 aliphatic carbocycles. The second-order valence-corrected chi connectivity index (χ2v) is 4.42. The van der Waals surface area contributed by atoms with Crippen molar-refractivity contribution in [2.45, 2.75) is 19.4 Å². The Morgan fingerprint density at radius 2 is 2.26 bits per heavy atom. The average molecular weight is 258 g/mol. The normalized spacial score (nSPS) is 18.3. The summed E-state index contributed by atoms with van der Waals surface area (Å²) in [5.41, 5.74) is 1.20. The molecule has 0 unspecified atom stereocenters. The Kier molecular flexibility index (Phi) is 4.14. The lowest BCUT2D eigenvalue weighted by Gasteiger charge is -2.20. The van der Waals surface area contributed by atoms with E-state index in [-0.39, 0.29) is 24.4 Å². The first-order chi connectivity index (χ1) is 9.20. The highest BCUT2D eigenvalue weighted by atomic mass is 16.5. The van der Waals surface area contributed by atoms with Gasteiger partial charge in [-0.3, -0.25) is 9.59 Å². The summed E-state index contributed by atoms with van der Waals surface area (Å²) in [4.78, 5) is 22.8. The molecule has 1 aliphatic heterocycles. The number of rotatable bonds is 3. The fraction of sp³-hybridized carbons (Fsp3) is 0.357. The number of piperidine rings is 1. The number of nitrogens with zero attached hydrogens (tertiary/aromatic N) is 1. The Balaban J connectivity index is 1.90. The van der Waals surface area contributed by atoms with E-state index in [4.69, 9.17) is 10.00 Å². The number of ether oxygens (including phenoxy) is 1. The van der Waals surface area contributed by atoms with Crippen LogP contribution in [0.2, 0.25) is 0 Å². The topological polar surface area (TPSA) is 79.2 Å². The molecule has 5 heteroatoms. The van der Waals surface area contributed by atoms with Crippen LogP contribution >= 0.6 is 0 Å². The monoisotopic (exact) mass is 258 g/mol. The number of carbonyl (C=O) groups is 2. The largest absolute Gasteiger partial charge is 0.460 e. The van der Waals surface area contributed by atoms with Crippen molar-refractivity contribution in [3.05, 3.63) is 35.4 Å². The van der Waals surface area contributed by atoms with Crippen LogP contribution in [0.3, 0.4) is 0 Å². The van der Waals surface area contributed by atoms with Crippen LogP contribution in [0.1, 0.15) is 24.0 Å². The van der Waals surface area contributed by atoms with Gasteiger partial charge in [0.05, 0.1) is 17.6 Å². The van der Waals surface area contributed by atoms with Gasteiger partial charge in [-0.2, -0.15) is 5.26 Å². The van der Waals surface area contributed by atoms with Crippen LogP contribution in [0.25, 0.3) is 0 Å². The third-order valence-electron chi connectivity index (χ3n) is 3.11. The molecule has 19 heavy (non-hydrogen) atoms. The van der Waals surface area contributed by atoms with Crippen LogP contribution in [-0.4, -0.2) is 18.4 Å². The Morgan fingerprint density at radius 1 is 1.47 bits per heavy atom. The van der Waals surface area contributed by atoms with Gasteiger partial charge in [0.25, 0.3) is 0 Å². The van der Waals surface area contributed by atoms with Crippen molar-refractivity contribution >= 4 is 11.9 Å². The molecule has 98 valence electrons. The van der Waals surface area contributed by atoms with E-state index in [1.807, 2.05) is 0 Å². The Bertz CT molecular complexity index is 524. The zero-order valence-electron chi connectivity index (χ0n) is 10.4. The number of hydrogen-bond donors (Lipinski definition) is 1. The Morgan fingerprint density at radius 3 is 2.95 bits per heavy atom. The van der Waals surface area contributed by atoms with Crippen molar-refractivity contribution in [3.63, 3.8) is 0 Å². The SMILES string of the molecule is N#Cc1ccccc1COC(=O)[C@H]1CCC(=O)NC1. The van der Waals surface area contributed by atoms with Crippen molar-refractivity contribution in [3.8, 4) is 6.07 Å². The molecule has 1 fully saturated rings. The van der Waals surface area contributed by atoms with Crippen molar-refractivity contribution in [1.82, 2.24) is 5.32 Å². The first kappa shape index (κ1) is 13.1. The molecule has 1 N–H and O–H groups in total. The van der Waals surface area contributed by atoms with Crippen molar-refractivity contribution in [1.29, 1.82) is 5.26 Å². The number of nitriles is 1. The Labute approximate surface area is 111 Å². The highest BCUT2D eigenvalue weighted by Gasteiger charge is 2.25. The molecule has 2 rings (SSSR count). The van der Waals surface area contributed by atoms with Gasteiger partial charge < -0.3 is 10.1 Å². The maximum Gasteiger partial charge on any atom is 0.311 e. The lowest BCUT2D eigenvalue weighted by molar-refractivity contribution is -0.151. The molecule has 5 nitrogen and oxygen atoms in total. The highest BCUT2D eigenvalue weighted by Crippen LogP contribution is 2.15. The van der Waals surface area contributed by atoms with Gasteiger partial charge in [-0.15, -0.1) is 0 Å². The second-order valence-electron chi connectivity index (χ2n) is 4.42. The Hall–Kier alpha value is -2.35. The predicted molar refractivity (Wildman–Crippen MR) is 66.7 cm³/mol. The van der Waals surface area contributed by atoms with Gasteiger partial charge in [-0.05, 0) is 12.5 Å². The standard InChI is InChI=1S/C14H14N2O3/c15-7-10-3-1-2-4-12(10)9-19-14(18)11-5-6-13(17)16-8-11/h1-4,11H,5-6,8-9H2,(H,16,17)/t11-/m0/s1. The molecule has 1 amide bonds. The zero-order valence-corrected chi connectivity index (χ0v) is 10.4. The van der Waals surface area contributed by atoms with Crippen molar-refractivity contribution in [2.24, 2.45) is 5.92 Å². The molecule has 1 heterocycles. The van der Waals surface area contributed by atoms with E-state index in [0.29, 0.717) is 30.5 Å². The van der Waals surface area contributed by atoms with Crippen LogP contribution in [-0.2, 0) is 20.9 Å². The summed E-state index contributed by atoms with van der Waals surface area (Å²) in [7, 11) is 0. The fourth-order valence-electron chi connectivity index (χ4n) is 1.96. The number of amides is 1. The maximum atomic E-state index is 11.8. The summed E-state index contributed by atoms with van der Waals surface area (Å²) in [6, 6.07) is 9.06. The van der Waals surface area contributed by atoms with Crippen LogP contribution in [0.4, 0.5) is 0 Å². The summed E-state index contributed by atoms with van der Waals surface area (Å²) in [5, 5.41) is 11.6. The average Bonchev–Trinajstić information content (AvgIpc) is 2.45. The third kappa shape index (κ3) is 3.32. The van der Waals surface area contributed by atoms with E-state index in [1.165, 1.54) is 0 Å². The molecule has 0 radical (unpaired) electrons. The molecule has 1 aromatic rings. The lowest BCUT2D eigenvalue weighted by Crippen LogP contribution is -2.39. The maximum absolute atomic E-state index is 11.8. The van der Waals surface area contributed by atoms with E-state index in [2.05, 4.69) is 11.4 Å². The molecule has 0 saturated carbocycles. The number of benzene rings is 1. The van der Waals surface area contributed by atoms with E-state index < -0.39 is 0 Å². The van der Waals surface area contributed by atoms with Gasteiger partial charge in [0, 0.05) is 18.5 Å². The molecular weight excluding hydrogens is 244 g/mol. The number of nitrogens with one attached hydrogen (secondary N) is 1. The predicted octanol–water partition coefficient (Wildman–Crippen LogP) is 1.13. The molecule has 1 aromatic carbocycles. The quantitative estimate of drug-likeness (QED) is 0.824. The smallest absolute Gasteiger partial charge is 0.311 e. The molecule has 1 aliphatic rings. The van der Waals surface area contributed by atoms with E-state index in [1.54, 1.807) is 24.3 Å². The first-order valence-corrected chi connectivity index (χ1v) is 6.12.